The van der Waals surface area contributed by atoms with E-state index < -0.39 is 26.4 Å². The Balaban J connectivity index is 0.000000304. The van der Waals surface area contributed by atoms with Crippen LogP contribution in [0.1, 0.15) is 18.4 Å². The minimum Gasteiger partial charge on any atom is -0.744 e. The molecule has 0 amide bonds. The Morgan fingerprint density at radius 1 is 0.632 bits per heavy atom. The topological polar surface area (TPSA) is 91.3 Å². The van der Waals surface area contributed by atoms with Crippen LogP contribution in [0, 0.1) is 6.92 Å². The van der Waals surface area contributed by atoms with Crippen molar-refractivity contribution < 1.29 is 21.4 Å². The van der Waals surface area contributed by atoms with E-state index in [2.05, 4.69) is 72.8 Å². The molecule has 4 rings (SSSR count). The van der Waals surface area contributed by atoms with Gasteiger partial charge >= 0.3 is 0 Å². The van der Waals surface area contributed by atoms with Crippen molar-refractivity contribution >= 4 is 53.0 Å². The molecule has 0 N–H and O–H groups in total. The Morgan fingerprint density at radius 3 is 1.37 bits per heavy atom. The van der Waals surface area contributed by atoms with Crippen molar-refractivity contribution in [1.82, 2.24) is 0 Å². The van der Waals surface area contributed by atoms with Crippen molar-refractivity contribution in [2.75, 3.05) is 11.9 Å². The smallest absolute Gasteiger partial charge is 0.232 e. The minimum atomic E-state index is -4.27. The second-order valence-corrected chi connectivity index (χ2v) is 16.6. The van der Waals surface area contributed by atoms with Gasteiger partial charge in [0, 0.05) is 10.7 Å². The number of unbranched alkanes of at least 4 members (excludes halogenated alkanes) is 1. The average Bonchev–Trinajstić information content (AvgIpc) is 2.90. The van der Waals surface area contributed by atoms with E-state index in [1.807, 2.05) is 25.1 Å². The Bertz CT molecular complexity index is 1400. The molecule has 0 bridgehead atoms. The number of hydrogen-bond acceptors (Lipinski definition) is 5. The monoisotopic (exact) mass is 588 g/mol. The predicted molar refractivity (Wildman–Crippen MR) is 158 cm³/mol. The third kappa shape index (κ3) is 8.48. The van der Waals surface area contributed by atoms with Gasteiger partial charge < -0.3 is 4.55 Å². The molecule has 0 unspecified atom stereocenters. The Hall–Kier alpha value is -2.54. The Kier molecular flexibility index (Phi) is 10.7. The van der Waals surface area contributed by atoms with E-state index in [1.165, 1.54) is 28.0 Å². The number of aryl methyl sites for hydroxylation is 1. The van der Waals surface area contributed by atoms with Crippen LogP contribution in [-0.4, -0.2) is 33.3 Å². The molecule has 200 valence electrons. The summed E-state index contributed by atoms with van der Waals surface area (Å²) in [7, 11) is -4.18. The highest BCUT2D eigenvalue weighted by atomic mass is 35.7. The maximum Gasteiger partial charge on any atom is 0.232 e. The molecule has 0 radical (unpaired) electrons. The van der Waals surface area contributed by atoms with Crippen molar-refractivity contribution in [2.24, 2.45) is 0 Å². The van der Waals surface area contributed by atoms with Gasteiger partial charge in [-0.2, -0.15) is 0 Å². The largest absolute Gasteiger partial charge is 0.744 e. The molecule has 5 nitrogen and oxygen atoms in total. The van der Waals surface area contributed by atoms with Crippen LogP contribution in [0.3, 0.4) is 0 Å². The summed E-state index contributed by atoms with van der Waals surface area (Å²) in [5, 5.41) is 3.95. The molecule has 0 aromatic heterocycles. The summed E-state index contributed by atoms with van der Waals surface area (Å²) >= 11 is 0. The van der Waals surface area contributed by atoms with E-state index in [1.54, 1.807) is 12.1 Å². The first kappa shape index (κ1) is 30.0. The highest BCUT2D eigenvalue weighted by molar-refractivity contribution is 8.13. The zero-order chi connectivity index (χ0) is 27.7. The lowest BCUT2D eigenvalue weighted by atomic mass is 10.2. The van der Waals surface area contributed by atoms with Gasteiger partial charge in [-0.15, -0.1) is 0 Å². The molecule has 38 heavy (non-hydrogen) atoms. The maximum absolute atomic E-state index is 11.3. The normalized spacial score (nSPS) is 11.9. The van der Waals surface area contributed by atoms with Crippen LogP contribution in [0.4, 0.5) is 0 Å². The van der Waals surface area contributed by atoms with E-state index in [0.29, 0.717) is 6.42 Å². The Morgan fingerprint density at radius 2 is 1.03 bits per heavy atom. The molecule has 0 fully saturated rings. The van der Waals surface area contributed by atoms with Crippen molar-refractivity contribution in [2.45, 2.75) is 24.7 Å². The molecule has 9 heteroatoms. The molecular weight excluding hydrogens is 559 g/mol. The minimum absolute atomic E-state index is 0.0208. The molecule has 4 aromatic rings. The molecule has 0 saturated carbocycles. The van der Waals surface area contributed by atoms with Crippen molar-refractivity contribution in [1.29, 1.82) is 0 Å². The summed E-state index contributed by atoms with van der Waals surface area (Å²) in [5.41, 5.74) is 0.928. The molecule has 0 aliphatic carbocycles. The lowest BCUT2D eigenvalue weighted by Gasteiger charge is -2.27. The van der Waals surface area contributed by atoms with Crippen LogP contribution in [-0.2, 0) is 19.2 Å². The zero-order valence-corrected chi connectivity index (χ0v) is 24.3. The molecular formula is C29H30ClO5PS2. The Labute approximate surface area is 231 Å². The van der Waals surface area contributed by atoms with E-state index >= 15 is 0 Å². The average molecular weight is 589 g/mol. The van der Waals surface area contributed by atoms with Gasteiger partial charge in [-0.3, -0.25) is 0 Å². The first-order valence-electron chi connectivity index (χ1n) is 12.0. The molecule has 0 aliphatic rings. The second-order valence-electron chi connectivity index (χ2n) is 8.76. The summed E-state index contributed by atoms with van der Waals surface area (Å²) in [6, 6.07) is 37.6. The molecule has 0 aliphatic heterocycles. The van der Waals surface area contributed by atoms with Gasteiger partial charge in [0.1, 0.15) is 33.3 Å². The van der Waals surface area contributed by atoms with Crippen LogP contribution in [0.15, 0.2) is 120 Å². The third-order valence-corrected chi connectivity index (χ3v) is 12.6. The molecule has 0 atom stereocenters. The van der Waals surface area contributed by atoms with Crippen molar-refractivity contribution in [3.63, 3.8) is 0 Å². The molecule has 0 saturated heterocycles. The van der Waals surface area contributed by atoms with Crippen LogP contribution >= 0.6 is 17.9 Å². The van der Waals surface area contributed by atoms with Crippen LogP contribution in [0.2, 0.25) is 0 Å². The highest BCUT2D eigenvalue weighted by Crippen LogP contribution is 2.55. The standard InChI is InChI=1S/C22H23ClO2PS.C7H8O3S/c23-27(24,25)19-11-10-18-26(20-12-4-1-5-13-20,21-14-6-2-7-15-21)22-16-8-3-9-17-22;1-6-2-4-7(5-3-6)11(8,9)10/h1-9,12-17H,10-11,18-19H2;2-5H,1H3,(H,8,9,10)/q+1;/p-1. The maximum atomic E-state index is 11.3. The fourth-order valence-electron chi connectivity index (χ4n) is 4.21. The summed E-state index contributed by atoms with van der Waals surface area (Å²) in [6.07, 6.45) is 2.29. The van der Waals surface area contributed by atoms with E-state index in [-0.39, 0.29) is 10.6 Å². The van der Waals surface area contributed by atoms with Gasteiger partial charge in [0.15, 0.2) is 0 Å². The zero-order valence-electron chi connectivity index (χ0n) is 21.0. The summed E-state index contributed by atoms with van der Waals surface area (Å²) in [6.45, 7) is 1.82. The van der Waals surface area contributed by atoms with E-state index in [9.17, 15) is 21.4 Å². The van der Waals surface area contributed by atoms with Gasteiger partial charge in [-0.1, -0.05) is 72.3 Å². The van der Waals surface area contributed by atoms with Crippen LogP contribution in [0.5, 0.6) is 0 Å². The second kappa shape index (κ2) is 13.5. The first-order valence-corrected chi connectivity index (χ1v) is 17.9. The molecule has 0 heterocycles. The quantitative estimate of drug-likeness (QED) is 0.116. The first-order chi connectivity index (χ1) is 18.0. The lowest BCUT2D eigenvalue weighted by Crippen LogP contribution is -2.33. The van der Waals surface area contributed by atoms with Crippen molar-refractivity contribution in [3.05, 3.63) is 121 Å². The number of benzene rings is 4. The van der Waals surface area contributed by atoms with Crippen LogP contribution < -0.4 is 15.9 Å². The fourth-order valence-corrected chi connectivity index (χ4v) is 9.97. The highest BCUT2D eigenvalue weighted by Gasteiger charge is 2.44. The summed E-state index contributed by atoms with van der Waals surface area (Å²) < 4.78 is 53.8. The van der Waals surface area contributed by atoms with E-state index in [4.69, 9.17) is 10.7 Å². The fraction of sp³-hybridized carbons (Fsp3) is 0.172. The number of halogens is 1. The van der Waals surface area contributed by atoms with Gasteiger partial charge in [-0.05, 0) is 68.3 Å². The SMILES string of the molecule is Cc1ccc(S(=O)(=O)[O-])cc1.O=S(=O)(Cl)CCCC[P+](c1ccccc1)(c1ccccc1)c1ccccc1. The number of hydrogen-bond donors (Lipinski definition) is 0. The third-order valence-electron chi connectivity index (χ3n) is 6.03. The molecule has 4 aromatic carbocycles. The van der Waals surface area contributed by atoms with Gasteiger partial charge in [-0.25, -0.2) is 16.8 Å². The van der Waals surface area contributed by atoms with Gasteiger partial charge in [0.25, 0.3) is 0 Å². The number of rotatable bonds is 9. The summed E-state index contributed by atoms with van der Waals surface area (Å²) in [5.74, 6) is 0.0208. The molecule has 0 spiro atoms. The van der Waals surface area contributed by atoms with Gasteiger partial charge in [0.2, 0.25) is 9.05 Å². The van der Waals surface area contributed by atoms with Gasteiger partial charge in [0.05, 0.1) is 16.8 Å². The predicted octanol–water partition coefficient (Wildman–Crippen LogP) is 5.23. The summed E-state index contributed by atoms with van der Waals surface area (Å²) in [4.78, 5) is -0.178. The lowest BCUT2D eigenvalue weighted by molar-refractivity contribution is 0.463. The van der Waals surface area contributed by atoms with E-state index in [0.717, 1.165) is 18.1 Å². The van der Waals surface area contributed by atoms with Crippen LogP contribution in [0.25, 0.3) is 0 Å². The van der Waals surface area contributed by atoms with Crippen molar-refractivity contribution in [3.8, 4) is 0 Å².